The molecule has 1 N–H and O–H groups in total. The predicted molar refractivity (Wildman–Crippen MR) is 69.8 cm³/mol. The molecule has 5 nitrogen and oxygen atoms in total. The molecular formula is C14H21N3O2. The average molecular weight is 263 g/mol. The lowest BCUT2D eigenvalue weighted by Gasteiger charge is -2.19. The van der Waals surface area contributed by atoms with Crippen molar-refractivity contribution in [2.24, 2.45) is 11.8 Å². The van der Waals surface area contributed by atoms with E-state index < -0.39 is 5.97 Å². The smallest absolute Gasteiger partial charge is 0.307 e. The molecule has 1 aliphatic heterocycles. The van der Waals surface area contributed by atoms with Crippen LogP contribution in [0.15, 0.2) is 0 Å². The minimum absolute atomic E-state index is 0.0572. The normalized spacial score (nSPS) is 30.3. The monoisotopic (exact) mass is 263 g/mol. The molecule has 1 aromatic rings. The third-order valence-corrected chi connectivity index (χ3v) is 4.77. The first-order valence-corrected chi connectivity index (χ1v) is 7.35. The van der Waals surface area contributed by atoms with Gasteiger partial charge in [0.2, 0.25) is 0 Å². The molecule has 2 aliphatic rings. The highest BCUT2D eigenvalue weighted by atomic mass is 16.4. The summed E-state index contributed by atoms with van der Waals surface area (Å²) in [6.45, 7) is 3.10. The highest BCUT2D eigenvalue weighted by Gasteiger charge is 2.41. The van der Waals surface area contributed by atoms with Crippen molar-refractivity contribution in [3.8, 4) is 0 Å². The van der Waals surface area contributed by atoms with Crippen molar-refractivity contribution in [3.05, 3.63) is 11.6 Å². The molecule has 1 aromatic heterocycles. The van der Waals surface area contributed by atoms with E-state index in [4.69, 9.17) is 0 Å². The van der Waals surface area contributed by atoms with E-state index in [0.29, 0.717) is 5.92 Å². The number of aryl methyl sites for hydroxylation is 1. The van der Waals surface area contributed by atoms with Gasteiger partial charge in [-0.25, -0.2) is 0 Å². The Hall–Kier alpha value is -1.39. The lowest BCUT2D eigenvalue weighted by Crippen LogP contribution is -2.22. The maximum atomic E-state index is 11.5. The van der Waals surface area contributed by atoms with Crippen LogP contribution in [0.1, 0.15) is 56.6 Å². The van der Waals surface area contributed by atoms with Gasteiger partial charge in [-0.15, -0.1) is 10.2 Å². The molecule has 3 rings (SSSR count). The first-order valence-electron chi connectivity index (χ1n) is 7.35. The van der Waals surface area contributed by atoms with Gasteiger partial charge in [-0.1, -0.05) is 13.3 Å². The molecule has 1 fully saturated rings. The van der Waals surface area contributed by atoms with Gasteiger partial charge >= 0.3 is 5.97 Å². The van der Waals surface area contributed by atoms with Crippen LogP contribution in [0.2, 0.25) is 0 Å². The first-order chi connectivity index (χ1) is 9.20. The molecule has 0 spiro atoms. The maximum Gasteiger partial charge on any atom is 0.307 e. The van der Waals surface area contributed by atoms with Crippen molar-refractivity contribution in [3.63, 3.8) is 0 Å². The van der Waals surface area contributed by atoms with Gasteiger partial charge in [0, 0.05) is 18.9 Å². The average Bonchev–Trinajstić information content (AvgIpc) is 3.02. The molecule has 3 unspecified atom stereocenters. The third kappa shape index (κ3) is 2.15. The Morgan fingerprint density at radius 2 is 2.21 bits per heavy atom. The fourth-order valence-corrected chi connectivity index (χ4v) is 3.64. The zero-order valence-electron chi connectivity index (χ0n) is 11.4. The van der Waals surface area contributed by atoms with Gasteiger partial charge in [-0.3, -0.25) is 4.79 Å². The molecule has 0 radical (unpaired) electrons. The molecular weight excluding hydrogens is 242 g/mol. The number of carboxylic acid groups (broad SMARTS) is 1. The standard InChI is InChI=1S/C14H21N3O2/c1-2-9-7-10(11(8-9)14(18)19)13-16-15-12-5-3-4-6-17(12)13/h9-11H,2-8H2,1H3,(H,18,19). The highest BCUT2D eigenvalue weighted by molar-refractivity contribution is 5.71. The Kier molecular flexibility index (Phi) is 3.29. The van der Waals surface area contributed by atoms with E-state index in [1.54, 1.807) is 0 Å². The van der Waals surface area contributed by atoms with E-state index in [1.165, 1.54) is 6.42 Å². The molecule has 1 saturated carbocycles. The summed E-state index contributed by atoms with van der Waals surface area (Å²) in [6.07, 6.45) is 6.10. The zero-order chi connectivity index (χ0) is 13.4. The van der Waals surface area contributed by atoms with Gasteiger partial charge in [0.1, 0.15) is 11.6 Å². The van der Waals surface area contributed by atoms with Crippen LogP contribution in [-0.2, 0) is 17.8 Å². The molecule has 0 aromatic carbocycles. The second kappa shape index (κ2) is 4.94. The van der Waals surface area contributed by atoms with Crippen LogP contribution < -0.4 is 0 Å². The van der Waals surface area contributed by atoms with Gasteiger partial charge in [0.15, 0.2) is 0 Å². The summed E-state index contributed by atoms with van der Waals surface area (Å²) in [5, 5.41) is 18.0. The molecule has 19 heavy (non-hydrogen) atoms. The van der Waals surface area contributed by atoms with Gasteiger partial charge in [0.25, 0.3) is 0 Å². The predicted octanol–water partition coefficient (Wildman–Crippen LogP) is 2.22. The molecule has 104 valence electrons. The Morgan fingerprint density at radius 1 is 1.37 bits per heavy atom. The minimum Gasteiger partial charge on any atom is -0.481 e. The summed E-state index contributed by atoms with van der Waals surface area (Å²) in [5.74, 6) is 1.60. The van der Waals surface area contributed by atoms with E-state index in [9.17, 15) is 9.90 Å². The third-order valence-electron chi connectivity index (χ3n) is 4.77. The fraction of sp³-hybridized carbons (Fsp3) is 0.786. The minimum atomic E-state index is -0.672. The van der Waals surface area contributed by atoms with E-state index in [-0.39, 0.29) is 11.8 Å². The summed E-state index contributed by atoms with van der Waals surface area (Å²) >= 11 is 0. The number of hydrogen-bond acceptors (Lipinski definition) is 3. The number of hydrogen-bond donors (Lipinski definition) is 1. The summed E-state index contributed by atoms with van der Waals surface area (Å²) in [4.78, 5) is 11.5. The van der Waals surface area contributed by atoms with Crippen molar-refractivity contribution in [2.45, 2.75) is 57.9 Å². The summed E-state index contributed by atoms with van der Waals surface area (Å²) in [7, 11) is 0. The van der Waals surface area contributed by atoms with Gasteiger partial charge in [-0.2, -0.15) is 0 Å². The van der Waals surface area contributed by atoms with Crippen LogP contribution >= 0.6 is 0 Å². The molecule has 0 saturated heterocycles. The van der Waals surface area contributed by atoms with E-state index in [0.717, 1.165) is 50.3 Å². The second-order valence-corrected chi connectivity index (χ2v) is 5.88. The van der Waals surface area contributed by atoms with Gasteiger partial charge < -0.3 is 9.67 Å². The summed E-state index contributed by atoms with van der Waals surface area (Å²) < 4.78 is 2.18. The lowest BCUT2D eigenvalue weighted by atomic mass is 9.95. The van der Waals surface area contributed by atoms with Crippen molar-refractivity contribution in [1.29, 1.82) is 0 Å². The Morgan fingerprint density at radius 3 is 2.95 bits per heavy atom. The number of nitrogens with zero attached hydrogens (tertiary/aromatic N) is 3. The largest absolute Gasteiger partial charge is 0.481 e. The second-order valence-electron chi connectivity index (χ2n) is 5.88. The van der Waals surface area contributed by atoms with Crippen LogP contribution in [0, 0.1) is 11.8 Å². The van der Waals surface area contributed by atoms with Gasteiger partial charge in [-0.05, 0) is 31.6 Å². The lowest BCUT2D eigenvalue weighted by molar-refractivity contribution is -0.142. The number of aliphatic carboxylic acids is 1. The van der Waals surface area contributed by atoms with Crippen molar-refractivity contribution < 1.29 is 9.90 Å². The molecule has 0 amide bonds. The molecule has 1 aliphatic carbocycles. The van der Waals surface area contributed by atoms with Crippen molar-refractivity contribution >= 4 is 5.97 Å². The van der Waals surface area contributed by atoms with Crippen molar-refractivity contribution in [2.75, 3.05) is 0 Å². The van der Waals surface area contributed by atoms with E-state index in [2.05, 4.69) is 21.7 Å². The number of rotatable bonds is 3. The fourth-order valence-electron chi connectivity index (χ4n) is 3.64. The summed E-state index contributed by atoms with van der Waals surface area (Å²) in [5.41, 5.74) is 0. The van der Waals surface area contributed by atoms with Crippen LogP contribution in [0.3, 0.4) is 0 Å². The van der Waals surface area contributed by atoms with Crippen molar-refractivity contribution in [1.82, 2.24) is 14.8 Å². The number of fused-ring (bicyclic) bond motifs is 1. The van der Waals surface area contributed by atoms with E-state index in [1.807, 2.05) is 0 Å². The Balaban J connectivity index is 1.91. The molecule has 3 atom stereocenters. The maximum absolute atomic E-state index is 11.5. The summed E-state index contributed by atoms with van der Waals surface area (Å²) in [6, 6.07) is 0. The quantitative estimate of drug-likeness (QED) is 0.908. The van der Waals surface area contributed by atoms with Crippen LogP contribution in [0.4, 0.5) is 0 Å². The molecule has 0 bridgehead atoms. The topological polar surface area (TPSA) is 68.0 Å². The number of aromatic nitrogens is 3. The van der Waals surface area contributed by atoms with Gasteiger partial charge in [0.05, 0.1) is 5.92 Å². The first kappa shape index (κ1) is 12.6. The Bertz CT molecular complexity index is 483. The SMILES string of the molecule is CCC1CC(C(=O)O)C(c2nnc3n2CCCC3)C1. The molecule has 5 heteroatoms. The van der Waals surface area contributed by atoms with Crippen LogP contribution in [0.5, 0.6) is 0 Å². The van der Waals surface area contributed by atoms with E-state index >= 15 is 0 Å². The number of carboxylic acids is 1. The van der Waals surface area contributed by atoms with Crippen LogP contribution in [-0.4, -0.2) is 25.8 Å². The zero-order valence-corrected chi connectivity index (χ0v) is 11.4. The van der Waals surface area contributed by atoms with Crippen LogP contribution in [0.25, 0.3) is 0 Å². The molecule has 2 heterocycles. The Labute approximate surface area is 113 Å². The highest BCUT2D eigenvalue weighted by Crippen LogP contribution is 2.44. The number of carbonyl (C=O) groups is 1.